The molecule has 2 saturated carbocycles. The lowest BCUT2D eigenvalue weighted by atomic mass is 9.61. The standard InChI is InChI=1S/C39H53F6N3O8/c1-20-8-12-28(36(53)18-55-22(3)10-14-26(20)36)24(32(49)38(40,41)42)16-46-34(51)30-6-5-7-31(48-30)35(52)47-17-25(33(50)39(43,44)45)29-13-9-21(2)27-15-11-23(4)56-19-37(27,29)54/h5-7,20-23,26-29,49-50,53-54H,8-19H2,1-4H3,(H,46,51)(H,47,52)/b32-24-,33-25-/t20-,21-,22+,23+,26+,27+,28+,29+,36-,37-/m1/s1. The number of hydrogen-bond donors (Lipinski definition) is 6. The van der Waals surface area contributed by atoms with Crippen LogP contribution in [0.15, 0.2) is 40.9 Å². The van der Waals surface area contributed by atoms with Gasteiger partial charge in [-0.3, -0.25) is 9.59 Å². The molecule has 0 radical (unpaired) electrons. The molecule has 314 valence electrons. The molecule has 17 heteroatoms. The molecule has 3 heterocycles. The van der Waals surface area contributed by atoms with E-state index in [0.29, 0.717) is 38.5 Å². The van der Waals surface area contributed by atoms with Crippen LogP contribution >= 0.6 is 0 Å². The lowest BCUT2D eigenvalue weighted by Gasteiger charge is -2.49. The van der Waals surface area contributed by atoms with Crippen molar-refractivity contribution in [1.82, 2.24) is 15.6 Å². The fraction of sp³-hybridized carbons (Fsp3) is 0.718. The molecule has 0 unspecified atom stereocenters. The minimum Gasteiger partial charge on any atom is -0.504 e. The summed E-state index contributed by atoms with van der Waals surface area (Å²) in [6, 6.07) is 3.57. The highest BCUT2D eigenvalue weighted by molar-refractivity contribution is 5.96. The maximum atomic E-state index is 14.0. The normalized spacial score (nSPS) is 35.1. The number of halogens is 6. The fourth-order valence-corrected chi connectivity index (χ4v) is 9.57. The number of aromatic nitrogens is 1. The zero-order valence-electron chi connectivity index (χ0n) is 32.0. The molecule has 10 atom stereocenters. The Morgan fingerprint density at radius 1 is 0.679 bits per heavy atom. The molecular formula is C39H53F6N3O8. The Morgan fingerprint density at radius 3 is 1.41 bits per heavy atom. The summed E-state index contributed by atoms with van der Waals surface area (Å²) in [5, 5.41) is 49.4. The summed E-state index contributed by atoms with van der Waals surface area (Å²) in [5.41, 5.74) is -5.65. The maximum absolute atomic E-state index is 14.0. The van der Waals surface area contributed by atoms with E-state index >= 15 is 0 Å². The highest BCUT2D eigenvalue weighted by Crippen LogP contribution is 2.51. The fourth-order valence-electron chi connectivity index (χ4n) is 9.57. The Kier molecular flexibility index (Phi) is 13.1. The monoisotopic (exact) mass is 805 g/mol. The summed E-state index contributed by atoms with van der Waals surface area (Å²) < 4.78 is 95.8. The van der Waals surface area contributed by atoms with Gasteiger partial charge in [-0.05, 0) is 101 Å². The quantitative estimate of drug-likeness (QED) is 0.127. The third-order valence-corrected chi connectivity index (χ3v) is 12.7. The molecule has 56 heavy (non-hydrogen) atoms. The number of amides is 2. The van der Waals surface area contributed by atoms with E-state index in [9.17, 15) is 56.4 Å². The second-order valence-corrected chi connectivity index (χ2v) is 16.3. The SMILES string of the molecule is C[C@@H]1CC[C@@H](/C(CNC(=O)c2cccc(C(=O)NC/C(=C(/O)C(F)(F)F)[C@@H]3CC[C@@H](C)[C@@H]4CC[C@H](C)OC[C@]34O)n2)=C(\O)C(F)(F)F)[C@@]2(O)CO[C@@H](C)CC[C@@H]12. The number of rotatable bonds is 8. The number of aliphatic hydroxyl groups excluding tert-OH is 2. The van der Waals surface area contributed by atoms with Crippen LogP contribution in [0.4, 0.5) is 26.3 Å². The molecule has 11 nitrogen and oxygen atoms in total. The topological polar surface area (TPSA) is 170 Å². The average Bonchev–Trinajstić information content (AvgIpc) is 3.40. The van der Waals surface area contributed by atoms with Gasteiger partial charge in [0.05, 0.1) is 36.6 Å². The second-order valence-electron chi connectivity index (χ2n) is 16.3. The summed E-state index contributed by atoms with van der Waals surface area (Å²) in [7, 11) is 0. The van der Waals surface area contributed by atoms with Crippen LogP contribution in [0, 0.1) is 35.5 Å². The number of nitrogens with one attached hydrogen (secondary N) is 2. The van der Waals surface area contributed by atoms with Gasteiger partial charge >= 0.3 is 12.4 Å². The highest BCUT2D eigenvalue weighted by atomic mass is 19.4. The van der Waals surface area contributed by atoms with E-state index in [-0.39, 0.29) is 50.1 Å². The second kappa shape index (κ2) is 16.8. The molecule has 0 bridgehead atoms. The Morgan fingerprint density at radius 2 is 1.05 bits per heavy atom. The molecule has 1 aromatic heterocycles. The van der Waals surface area contributed by atoms with Crippen molar-refractivity contribution in [3.05, 3.63) is 52.3 Å². The molecule has 2 aliphatic carbocycles. The molecule has 2 amide bonds. The maximum Gasteiger partial charge on any atom is 0.448 e. The van der Waals surface area contributed by atoms with Crippen molar-refractivity contribution in [2.75, 3.05) is 26.3 Å². The Hall–Kier alpha value is -3.41. The van der Waals surface area contributed by atoms with Crippen LogP contribution in [0.1, 0.15) is 100 Å². The Labute approximate surface area is 321 Å². The predicted molar refractivity (Wildman–Crippen MR) is 190 cm³/mol. The third kappa shape index (κ3) is 9.15. The van der Waals surface area contributed by atoms with Crippen molar-refractivity contribution < 1.29 is 65.8 Å². The number of carbonyl (C=O) groups is 2. The van der Waals surface area contributed by atoms with Crippen molar-refractivity contribution in [3.63, 3.8) is 0 Å². The van der Waals surface area contributed by atoms with E-state index < -0.39 is 106 Å². The number of alkyl halides is 6. The first kappa shape index (κ1) is 43.7. The van der Waals surface area contributed by atoms with Crippen LogP contribution in [0.25, 0.3) is 0 Å². The first-order valence-corrected chi connectivity index (χ1v) is 19.3. The third-order valence-electron chi connectivity index (χ3n) is 12.7. The number of fused-ring (bicyclic) bond motifs is 2. The smallest absolute Gasteiger partial charge is 0.448 e. The zero-order chi connectivity index (χ0) is 41.4. The molecular weight excluding hydrogens is 752 g/mol. The van der Waals surface area contributed by atoms with Gasteiger partial charge in [0.2, 0.25) is 0 Å². The number of carbonyl (C=O) groups excluding carboxylic acids is 2. The Balaban J connectivity index is 1.35. The summed E-state index contributed by atoms with van der Waals surface area (Å²) >= 11 is 0. The van der Waals surface area contributed by atoms with Crippen LogP contribution < -0.4 is 10.6 Å². The molecule has 4 aliphatic rings. The van der Waals surface area contributed by atoms with Crippen LogP contribution in [0.3, 0.4) is 0 Å². The molecule has 2 saturated heterocycles. The first-order chi connectivity index (χ1) is 26.1. The summed E-state index contributed by atoms with van der Waals surface area (Å²) in [6.45, 7) is 5.23. The number of nitrogens with zero attached hydrogens (tertiary/aromatic N) is 1. The molecule has 6 N–H and O–H groups in total. The number of hydrogen-bond acceptors (Lipinski definition) is 9. The van der Waals surface area contributed by atoms with Gasteiger partial charge < -0.3 is 40.5 Å². The lowest BCUT2D eigenvalue weighted by molar-refractivity contribution is -0.148. The van der Waals surface area contributed by atoms with E-state index in [0.717, 1.165) is 12.1 Å². The van der Waals surface area contributed by atoms with Crippen LogP contribution in [-0.2, 0) is 9.47 Å². The van der Waals surface area contributed by atoms with Crippen molar-refractivity contribution in [2.45, 2.75) is 115 Å². The number of pyridine rings is 1. The lowest BCUT2D eigenvalue weighted by Crippen LogP contribution is -2.55. The van der Waals surface area contributed by atoms with Crippen LogP contribution in [-0.4, -0.2) is 99.3 Å². The van der Waals surface area contributed by atoms with E-state index in [4.69, 9.17) is 9.47 Å². The van der Waals surface area contributed by atoms with Crippen molar-refractivity contribution >= 4 is 11.8 Å². The molecule has 4 fully saturated rings. The summed E-state index contributed by atoms with van der Waals surface area (Å²) in [5.74, 6) is -9.34. The van der Waals surface area contributed by atoms with E-state index in [1.54, 1.807) is 13.8 Å². The van der Waals surface area contributed by atoms with Gasteiger partial charge in [-0.25, -0.2) is 4.98 Å². The van der Waals surface area contributed by atoms with Gasteiger partial charge in [-0.1, -0.05) is 19.9 Å². The summed E-state index contributed by atoms with van der Waals surface area (Å²) in [6.07, 6.45) is -7.69. The molecule has 0 spiro atoms. The molecule has 1 aromatic rings. The highest BCUT2D eigenvalue weighted by Gasteiger charge is 2.55. The molecule has 2 aliphatic heterocycles. The van der Waals surface area contributed by atoms with E-state index in [1.807, 2.05) is 13.8 Å². The molecule has 0 aromatic carbocycles. The minimum atomic E-state index is -5.20. The number of aliphatic hydroxyl groups is 4. The van der Waals surface area contributed by atoms with Gasteiger partial charge in [0.25, 0.3) is 11.8 Å². The van der Waals surface area contributed by atoms with Crippen molar-refractivity contribution in [1.29, 1.82) is 0 Å². The van der Waals surface area contributed by atoms with Gasteiger partial charge in [0.15, 0.2) is 11.5 Å². The predicted octanol–water partition coefficient (Wildman–Crippen LogP) is 6.47. The largest absolute Gasteiger partial charge is 0.504 e. The number of ether oxygens (including phenoxy) is 2. The van der Waals surface area contributed by atoms with Crippen LogP contribution in [0.2, 0.25) is 0 Å². The van der Waals surface area contributed by atoms with Gasteiger partial charge in [-0.2, -0.15) is 26.3 Å². The van der Waals surface area contributed by atoms with E-state index in [2.05, 4.69) is 15.6 Å². The van der Waals surface area contributed by atoms with Gasteiger partial charge in [0.1, 0.15) is 11.4 Å². The van der Waals surface area contributed by atoms with Gasteiger partial charge in [0, 0.05) is 36.1 Å². The summed E-state index contributed by atoms with van der Waals surface area (Å²) in [4.78, 5) is 30.7. The average molecular weight is 806 g/mol. The minimum absolute atomic E-state index is 0.0428. The van der Waals surface area contributed by atoms with E-state index in [1.165, 1.54) is 6.07 Å². The Bertz CT molecular complexity index is 1550. The first-order valence-electron chi connectivity index (χ1n) is 19.3. The van der Waals surface area contributed by atoms with Crippen LogP contribution in [0.5, 0.6) is 0 Å². The van der Waals surface area contributed by atoms with Crippen molar-refractivity contribution in [3.8, 4) is 0 Å². The number of allylic oxidation sites excluding steroid dienone is 2. The zero-order valence-corrected chi connectivity index (χ0v) is 32.0. The molecule has 5 rings (SSSR count). The van der Waals surface area contributed by atoms with Crippen molar-refractivity contribution in [2.24, 2.45) is 35.5 Å². The van der Waals surface area contributed by atoms with Gasteiger partial charge in [-0.15, -0.1) is 0 Å².